The van der Waals surface area contributed by atoms with E-state index >= 15 is 0 Å². The van der Waals surface area contributed by atoms with Crippen LogP contribution in [0, 0.1) is 5.41 Å². The Morgan fingerprint density at radius 1 is 1.03 bits per heavy atom. The van der Waals surface area contributed by atoms with Gasteiger partial charge in [-0.15, -0.1) is 0 Å². The molecule has 2 heterocycles. The molecule has 0 radical (unpaired) electrons. The Morgan fingerprint density at radius 3 is 2.31 bits per heavy atom. The minimum absolute atomic E-state index is 0.0498. The fraction of sp³-hybridized carbons (Fsp3) is 0.269. The standard InChI is InChI=1S/C26H20Cl2F3N3O2/c1-23(21-14-25(36-34-21,26(29,30)31)17-11-18(27)13-19(28)12-17)15-24(23,20-9-5-6-10-32-20)33-22(35)16-7-3-2-4-8-16/h2-13H,14-15H2,1H3,(H,33,35). The molecule has 0 bridgehead atoms. The first kappa shape index (κ1) is 24.6. The van der Waals surface area contributed by atoms with Crippen molar-refractivity contribution in [2.45, 2.75) is 37.1 Å². The molecule has 3 unspecified atom stereocenters. The minimum Gasteiger partial charge on any atom is -0.374 e. The van der Waals surface area contributed by atoms with Gasteiger partial charge in [-0.05, 0) is 48.9 Å². The van der Waals surface area contributed by atoms with Crippen molar-refractivity contribution < 1.29 is 22.8 Å². The minimum atomic E-state index is -4.82. The summed E-state index contributed by atoms with van der Waals surface area (Å²) in [5, 5.41) is 7.09. The number of amides is 1. The van der Waals surface area contributed by atoms with E-state index in [2.05, 4.69) is 15.5 Å². The molecule has 186 valence electrons. The van der Waals surface area contributed by atoms with Gasteiger partial charge in [0.1, 0.15) is 0 Å². The molecule has 2 aliphatic rings. The van der Waals surface area contributed by atoms with E-state index in [1.165, 1.54) is 18.2 Å². The maximum Gasteiger partial charge on any atom is 0.435 e. The van der Waals surface area contributed by atoms with Crippen molar-refractivity contribution in [2.24, 2.45) is 10.6 Å². The number of aromatic nitrogens is 1. The number of oxime groups is 1. The molecule has 10 heteroatoms. The first-order valence-electron chi connectivity index (χ1n) is 11.1. The lowest BCUT2D eigenvalue weighted by Crippen LogP contribution is -2.45. The van der Waals surface area contributed by atoms with E-state index in [0.717, 1.165) is 0 Å². The van der Waals surface area contributed by atoms with Crippen LogP contribution in [0.2, 0.25) is 10.0 Å². The summed E-state index contributed by atoms with van der Waals surface area (Å²) in [7, 11) is 0. The molecule has 0 spiro atoms. The van der Waals surface area contributed by atoms with E-state index in [9.17, 15) is 18.0 Å². The number of carbonyl (C=O) groups is 1. The normalized spacial score (nSPS) is 27.2. The molecule has 1 aliphatic carbocycles. The predicted octanol–water partition coefficient (Wildman–Crippen LogP) is 6.66. The largest absolute Gasteiger partial charge is 0.435 e. The van der Waals surface area contributed by atoms with E-state index < -0.39 is 29.2 Å². The topological polar surface area (TPSA) is 63.6 Å². The summed E-state index contributed by atoms with van der Waals surface area (Å²) in [6, 6.07) is 17.5. The number of nitrogens with one attached hydrogen (secondary N) is 1. The van der Waals surface area contributed by atoms with Crippen LogP contribution in [0.4, 0.5) is 13.2 Å². The highest BCUT2D eigenvalue weighted by Gasteiger charge is 2.74. The van der Waals surface area contributed by atoms with E-state index in [4.69, 9.17) is 28.0 Å². The van der Waals surface area contributed by atoms with E-state index in [-0.39, 0.29) is 27.2 Å². The maximum absolute atomic E-state index is 14.5. The zero-order valence-corrected chi connectivity index (χ0v) is 20.5. The van der Waals surface area contributed by atoms with E-state index in [1.54, 1.807) is 61.7 Å². The second-order valence-electron chi connectivity index (χ2n) is 9.24. The highest BCUT2D eigenvalue weighted by Crippen LogP contribution is 2.66. The fourth-order valence-corrected chi connectivity index (χ4v) is 5.44. The summed E-state index contributed by atoms with van der Waals surface area (Å²) < 4.78 is 43.6. The van der Waals surface area contributed by atoms with Crippen LogP contribution in [0.15, 0.2) is 78.1 Å². The lowest BCUT2D eigenvalue weighted by molar-refractivity contribution is -0.275. The Morgan fingerprint density at radius 2 is 1.69 bits per heavy atom. The maximum atomic E-state index is 14.5. The van der Waals surface area contributed by atoms with Gasteiger partial charge in [-0.2, -0.15) is 13.2 Å². The number of halogens is 5. The van der Waals surface area contributed by atoms with Gasteiger partial charge in [0.15, 0.2) is 0 Å². The molecule has 1 aliphatic heterocycles. The number of alkyl halides is 3. The lowest BCUT2D eigenvalue weighted by Gasteiger charge is -2.30. The Labute approximate surface area is 215 Å². The van der Waals surface area contributed by atoms with Crippen molar-refractivity contribution in [3.05, 3.63) is 99.8 Å². The molecule has 1 saturated carbocycles. The Bertz CT molecular complexity index is 1330. The van der Waals surface area contributed by atoms with Gasteiger partial charge in [0, 0.05) is 39.2 Å². The number of pyridine rings is 1. The van der Waals surface area contributed by atoms with Crippen molar-refractivity contribution in [3.63, 3.8) is 0 Å². The van der Waals surface area contributed by atoms with Gasteiger partial charge in [-0.25, -0.2) is 0 Å². The third-order valence-electron chi connectivity index (χ3n) is 7.05. The van der Waals surface area contributed by atoms with E-state index in [1.807, 2.05) is 0 Å². The highest BCUT2D eigenvalue weighted by atomic mass is 35.5. The van der Waals surface area contributed by atoms with Crippen LogP contribution < -0.4 is 5.32 Å². The Hall–Kier alpha value is -3.10. The molecule has 1 fully saturated rings. The summed E-state index contributed by atoms with van der Waals surface area (Å²) in [5.41, 5.74) is -3.96. The van der Waals surface area contributed by atoms with Crippen molar-refractivity contribution in [3.8, 4) is 0 Å². The van der Waals surface area contributed by atoms with Gasteiger partial charge in [0.05, 0.1) is 16.9 Å². The average Bonchev–Trinajstić information content (AvgIpc) is 3.21. The van der Waals surface area contributed by atoms with Gasteiger partial charge in [-0.1, -0.05) is 59.5 Å². The van der Waals surface area contributed by atoms with Crippen LogP contribution in [0.5, 0.6) is 0 Å². The van der Waals surface area contributed by atoms with Crippen LogP contribution in [0.25, 0.3) is 0 Å². The number of hydrogen-bond donors (Lipinski definition) is 1. The summed E-state index contributed by atoms with van der Waals surface area (Å²) >= 11 is 12.0. The number of hydrogen-bond acceptors (Lipinski definition) is 4. The summed E-state index contributed by atoms with van der Waals surface area (Å²) in [5.74, 6) is -0.367. The van der Waals surface area contributed by atoms with Gasteiger partial charge in [0.25, 0.3) is 11.5 Å². The first-order chi connectivity index (χ1) is 17.0. The zero-order chi connectivity index (χ0) is 25.8. The quantitative estimate of drug-likeness (QED) is 0.399. The average molecular weight is 534 g/mol. The van der Waals surface area contributed by atoms with Gasteiger partial charge >= 0.3 is 6.18 Å². The molecule has 1 aromatic heterocycles. The Balaban J connectivity index is 1.53. The van der Waals surface area contributed by atoms with Gasteiger partial charge < -0.3 is 10.2 Å². The lowest BCUT2D eigenvalue weighted by atomic mass is 9.82. The fourth-order valence-electron chi connectivity index (χ4n) is 4.91. The van der Waals surface area contributed by atoms with Crippen molar-refractivity contribution in [1.82, 2.24) is 10.3 Å². The van der Waals surface area contributed by atoms with Crippen molar-refractivity contribution in [2.75, 3.05) is 0 Å². The number of rotatable bonds is 5. The van der Waals surface area contributed by atoms with Gasteiger partial charge in [0.2, 0.25) is 0 Å². The second kappa shape index (κ2) is 8.49. The molecular weight excluding hydrogens is 514 g/mol. The monoisotopic (exact) mass is 533 g/mol. The zero-order valence-electron chi connectivity index (χ0n) is 18.9. The predicted molar refractivity (Wildman–Crippen MR) is 130 cm³/mol. The third-order valence-corrected chi connectivity index (χ3v) is 7.49. The molecule has 0 saturated heterocycles. The van der Waals surface area contributed by atoms with Crippen LogP contribution in [0.3, 0.4) is 0 Å². The number of nitrogens with zero attached hydrogens (tertiary/aromatic N) is 2. The van der Waals surface area contributed by atoms with Crippen molar-refractivity contribution in [1.29, 1.82) is 0 Å². The van der Waals surface area contributed by atoms with Crippen LogP contribution in [-0.2, 0) is 16.0 Å². The molecular formula is C26H20Cl2F3N3O2. The molecule has 2 aromatic carbocycles. The molecule has 3 aromatic rings. The Kier molecular flexibility index (Phi) is 5.80. The molecule has 3 atom stereocenters. The third kappa shape index (κ3) is 3.83. The van der Waals surface area contributed by atoms with Crippen molar-refractivity contribution >= 4 is 34.8 Å². The first-order valence-corrected chi connectivity index (χ1v) is 11.8. The van der Waals surface area contributed by atoms with Crippen LogP contribution in [-0.4, -0.2) is 22.8 Å². The molecule has 1 amide bonds. The molecule has 5 rings (SSSR count). The number of benzene rings is 2. The van der Waals surface area contributed by atoms with E-state index in [0.29, 0.717) is 17.7 Å². The van der Waals surface area contributed by atoms with Crippen LogP contribution in [0.1, 0.15) is 41.4 Å². The smallest absolute Gasteiger partial charge is 0.374 e. The van der Waals surface area contributed by atoms with Gasteiger partial charge in [-0.3, -0.25) is 9.78 Å². The summed E-state index contributed by atoms with van der Waals surface area (Å²) in [6.45, 7) is 1.76. The summed E-state index contributed by atoms with van der Waals surface area (Å²) in [4.78, 5) is 22.8. The second-order valence-corrected chi connectivity index (χ2v) is 10.1. The molecule has 5 nitrogen and oxygen atoms in total. The molecule has 1 N–H and O–H groups in total. The highest BCUT2D eigenvalue weighted by molar-refractivity contribution is 6.34. The molecule has 36 heavy (non-hydrogen) atoms. The summed E-state index contributed by atoms with van der Waals surface area (Å²) in [6.07, 6.45) is -3.54. The number of carbonyl (C=O) groups excluding carboxylic acids is 1. The van der Waals surface area contributed by atoms with Crippen LogP contribution >= 0.6 is 23.2 Å². The SMILES string of the molecule is CC1(C2=NOC(c3cc(Cl)cc(Cl)c3)(C(F)(F)F)C2)CC1(NC(=O)c1ccccc1)c1ccccn1.